The molecule has 0 saturated carbocycles. The number of nitrogens with zero attached hydrogens (tertiary/aromatic N) is 3. The fraction of sp³-hybridized carbons (Fsp3) is 0.125. The van der Waals surface area contributed by atoms with Crippen LogP contribution in [-0.2, 0) is 22.5 Å². The van der Waals surface area contributed by atoms with Crippen LogP contribution >= 0.6 is 0 Å². The quantitative estimate of drug-likeness (QED) is 0.154. The highest BCUT2D eigenvalue weighted by molar-refractivity contribution is 7.87. The molecule has 0 radical (unpaired) electrons. The fourth-order valence-electron chi connectivity index (χ4n) is 2.22. The first kappa shape index (κ1) is 25.4. The Labute approximate surface area is 180 Å². The fourth-order valence-corrected chi connectivity index (χ4v) is 3.25. The maximum atomic E-state index is 13.0. The molecular formula is C16H11F6N5O5S. The standard InChI is InChI=1S/C16H11F6N5O5S/c17-15(18,19)9-4-10(16(20,21)22)6-12(5-9)33(30,31)32-13-2-1-11(27(28)29)3-8(13)7-25-26-14(23)24/h1-7H,(H4,23,24,26). The molecule has 33 heavy (non-hydrogen) atoms. The van der Waals surface area contributed by atoms with E-state index in [-0.39, 0.29) is 18.2 Å². The van der Waals surface area contributed by atoms with Crippen molar-refractivity contribution < 1.29 is 43.9 Å². The number of hydrogen-bond acceptors (Lipinski definition) is 7. The average Bonchev–Trinajstić information content (AvgIpc) is 2.66. The Bertz CT molecular complexity index is 1210. The minimum absolute atomic E-state index is 0.0524. The largest absolute Gasteiger partial charge is 0.416 e. The van der Waals surface area contributed by atoms with E-state index in [9.17, 15) is 44.9 Å². The summed E-state index contributed by atoms with van der Waals surface area (Å²) in [6.45, 7) is 0. The van der Waals surface area contributed by atoms with Crippen molar-refractivity contribution in [3.8, 4) is 5.75 Å². The number of benzene rings is 2. The molecule has 0 aliphatic carbocycles. The Balaban J connectivity index is 2.62. The number of rotatable bonds is 6. The third kappa shape index (κ3) is 6.55. The van der Waals surface area contributed by atoms with Crippen molar-refractivity contribution in [1.29, 1.82) is 0 Å². The SMILES string of the molecule is NC(N)=NN=Cc1cc([N+](=O)[O-])ccc1OS(=O)(=O)c1cc(C(F)(F)F)cc(C(F)(F)F)c1. The van der Waals surface area contributed by atoms with Gasteiger partial charge in [-0.15, -0.1) is 5.10 Å². The molecule has 0 aliphatic heterocycles. The molecule has 0 aliphatic rings. The third-order valence-electron chi connectivity index (χ3n) is 3.62. The molecule has 0 bridgehead atoms. The Morgan fingerprint density at radius 1 is 1.00 bits per heavy atom. The number of alkyl halides is 6. The summed E-state index contributed by atoms with van der Waals surface area (Å²) in [5.74, 6) is -1.27. The van der Waals surface area contributed by atoms with Gasteiger partial charge in [-0.05, 0) is 24.3 Å². The van der Waals surface area contributed by atoms with Gasteiger partial charge in [-0.25, -0.2) is 0 Å². The van der Waals surface area contributed by atoms with Gasteiger partial charge in [0.1, 0.15) is 4.90 Å². The summed E-state index contributed by atoms with van der Waals surface area (Å²) in [5, 5.41) is 17.4. The third-order valence-corrected chi connectivity index (χ3v) is 4.84. The molecule has 178 valence electrons. The van der Waals surface area contributed by atoms with E-state index in [1.54, 1.807) is 0 Å². The van der Waals surface area contributed by atoms with Crippen LogP contribution in [0.2, 0.25) is 0 Å². The predicted octanol–water partition coefficient (Wildman–Crippen LogP) is 3.01. The smallest absolute Gasteiger partial charge is 0.378 e. The van der Waals surface area contributed by atoms with Crippen LogP contribution in [0.25, 0.3) is 0 Å². The van der Waals surface area contributed by atoms with Crippen LogP contribution in [-0.4, -0.2) is 25.5 Å². The average molecular weight is 499 g/mol. The molecule has 17 heteroatoms. The second kappa shape index (κ2) is 8.93. The summed E-state index contributed by atoms with van der Waals surface area (Å²) in [6, 6.07) is 1.90. The topological polar surface area (TPSA) is 163 Å². The summed E-state index contributed by atoms with van der Waals surface area (Å²) >= 11 is 0. The van der Waals surface area contributed by atoms with Crippen molar-refractivity contribution >= 4 is 28.0 Å². The van der Waals surface area contributed by atoms with Gasteiger partial charge < -0.3 is 15.7 Å². The van der Waals surface area contributed by atoms with Crippen LogP contribution in [0, 0.1) is 10.1 Å². The highest BCUT2D eigenvalue weighted by Crippen LogP contribution is 2.38. The molecular weight excluding hydrogens is 488 g/mol. The molecule has 0 spiro atoms. The van der Waals surface area contributed by atoms with Gasteiger partial charge in [0.25, 0.3) is 5.69 Å². The van der Waals surface area contributed by atoms with Crippen molar-refractivity contribution in [2.75, 3.05) is 0 Å². The number of nitrogens with two attached hydrogens (primary N) is 2. The van der Waals surface area contributed by atoms with Crippen molar-refractivity contribution in [3.63, 3.8) is 0 Å². The summed E-state index contributed by atoms with van der Waals surface area (Å²) in [7, 11) is -5.29. The molecule has 2 aromatic carbocycles. The second-order valence-electron chi connectivity index (χ2n) is 6.03. The molecule has 0 aromatic heterocycles. The number of hydrogen-bond donors (Lipinski definition) is 2. The summed E-state index contributed by atoms with van der Waals surface area (Å²) < 4.78 is 108. The number of non-ortho nitro benzene ring substituents is 1. The lowest BCUT2D eigenvalue weighted by Crippen LogP contribution is -2.21. The maximum Gasteiger partial charge on any atom is 0.416 e. The van der Waals surface area contributed by atoms with E-state index in [1.807, 2.05) is 0 Å². The zero-order valence-corrected chi connectivity index (χ0v) is 16.6. The molecule has 4 N–H and O–H groups in total. The number of nitro groups is 1. The first-order chi connectivity index (χ1) is 15.0. The Kier molecular flexibility index (Phi) is 6.86. The Morgan fingerprint density at radius 2 is 1.55 bits per heavy atom. The highest BCUT2D eigenvalue weighted by atomic mass is 32.2. The van der Waals surface area contributed by atoms with Gasteiger partial charge in [0.05, 0.1) is 22.3 Å². The maximum absolute atomic E-state index is 13.0. The predicted molar refractivity (Wildman–Crippen MR) is 101 cm³/mol. The summed E-state index contributed by atoms with van der Waals surface area (Å²) in [6.07, 6.45) is -9.90. The molecule has 10 nitrogen and oxygen atoms in total. The van der Waals surface area contributed by atoms with E-state index in [0.717, 1.165) is 18.2 Å². The zero-order chi connectivity index (χ0) is 25.2. The molecule has 2 aromatic rings. The molecule has 0 atom stereocenters. The second-order valence-corrected chi connectivity index (χ2v) is 7.57. The Morgan fingerprint density at radius 3 is 2.00 bits per heavy atom. The van der Waals surface area contributed by atoms with Crippen LogP contribution in [0.3, 0.4) is 0 Å². The number of guanidine groups is 1. The molecule has 0 heterocycles. The van der Waals surface area contributed by atoms with Gasteiger partial charge in [-0.2, -0.15) is 39.9 Å². The van der Waals surface area contributed by atoms with Gasteiger partial charge in [-0.3, -0.25) is 10.1 Å². The van der Waals surface area contributed by atoms with Gasteiger partial charge in [0, 0.05) is 17.7 Å². The first-order valence-electron chi connectivity index (χ1n) is 8.15. The lowest BCUT2D eigenvalue weighted by molar-refractivity contribution is -0.384. The van der Waals surface area contributed by atoms with Crippen LogP contribution in [0.15, 0.2) is 51.5 Å². The molecule has 2 rings (SSSR count). The highest BCUT2D eigenvalue weighted by Gasteiger charge is 2.38. The van der Waals surface area contributed by atoms with E-state index in [0.29, 0.717) is 6.21 Å². The lowest BCUT2D eigenvalue weighted by atomic mass is 10.1. The van der Waals surface area contributed by atoms with Gasteiger partial charge in [-0.1, -0.05) is 0 Å². The van der Waals surface area contributed by atoms with Crippen molar-refractivity contribution in [2.45, 2.75) is 17.2 Å². The van der Waals surface area contributed by atoms with E-state index in [1.165, 1.54) is 0 Å². The molecule has 0 unspecified atom stereocenters. The van der Waals surface area contributed by atoms with Crippen LogP contribution in [0.5, 0.6) is 5.75 Å². The lowest BCUT2D eigenvalue weighted by Gasteiger charge is -2.15. The van der Waals surface area contributed by atoms with Gasteiger partial charge >= 0.3 is 22.5 Å². The van der Waals surface area contributed by atoms with Crippen LogP contribution in [0.4, 0.5) is 32.0 Å². The van der Waals surface area contributed by atoms with E-state index in [4.69, 9.17) is 11.5 Å². The first-order valence-corrected chi connectivity index (χ1v) is 9.56. The molecule has 0 amide bonds. The minimum atomic E-state index is -5.31. The molecule has 0 fully saturated rings. The Hall–Kier alpha value is -3.89. The van der Waals surface area contributed by atoms with E-state index >= 15 is 0 Å². The van der Waals surface area contributed by atoms with Crippen LogP contribution in [0.1, 0.15) is 16.7 Å². The van der Waals surface area contributed by atoms with Gasteiger partial charge in [0.15, 0.2) is 5.75 Å². The van der Waals surface area contributed by atoms with Gasteiger partial charge in [0.2, 0.25) is 5.96 Å². The normalized spacial score (nSPS) is 12.5. The van der Waals surface area contributed by atoms with E-state index < -0.39 is 66.4 Å². The van der Waals surface area contributed by atoms with Crippen molar-refractivity contribution in [2.24, 2.45) is 21.7 Å². The van der Waals surface area contributed by atoms with Crippen molar-refractivity contribution in [3.05, 3.63) is 63.2 Å². The monoisotopic (exact) mass is 499 g/mol. The number of nitro benzene ring substituents is 1. The van der Waals surface area contributed by atoms with Crippen LogP contribution < -0.4 is 15.7 Å². The zero-order valence-electron chi connectivity index (χ0n) is 15.8. The van der Waals surface area contributed by atoms with Crippen molar-refractivity contribution in [1.82, 2.24) is 0 Å². The summed E-state index contributed by atoms with van der Waals surface area (Å²) in [4.78, 5) is 8.60. The molecule has 0 saturated heterocycles. The summed E-state index contributed by atoms with van der Waals surface area (Å²) in [5.41, 5.74) is 5.30. The number of halogens is 6. The minimum Gasteiger partial charge on any atom is -0.378 e. The van der Waals surface area contributed by atoms with E-state index in [2.05, 4.69) is 14.4 Å².